The maximum absolute atomic E-state index is 13.2. The average molecular weight is 483 g/mol. The predicted octanol–water partition coefficient (Wildman–Crippen LogP) is 4.50. The van der Waals surface area contributed by atoms with Crippen molar-refractivity contribution < 1.29 is 14.3 Å². The van der Waals surface area contributed by atoms with Crippen LogP contribution in [0.15, 0.2) is 78.9 Å². The Morgan fingerprint density at radius 1 is 1.11 bits per heavy atom. The summed E-state index contributed by atoms with van der Waals surface area (Å²) in [5.74, 6) is 0.589. The monoisotopic (exact) mass is 482 g/mol. The van der Waals surface area contributed by atoms with Crippen molar-refractivity contribution in [2.24, 2.45) is 0 Å². The SMILES string of the molecule is CC[C@@]1(c2ccccc2)CC(=O)N(Cc2cccc(C(=O)N[C@H]3CCOc4ccccc43)c2)C(=N)N1. The molecule has 3 aromatic rings. The van der Waals surface area contributed by atoms with Crippen LogP contribution in [0.25, 0.3) is 0 Å². The number of guanidine groups is 1. The number of nitrogens with zero attached hydrogens (tertiary/aromatic N) is 1. The molecule has 3 aromatic carbocycles. The summed E-state index contributed by atoms with van der Waals surface area (Å²) in [7, 11) is 0. The Morgan fingerprint density at radius 2 is 1.89 bits per heavy atom. The van der Waals surface area contributed by atoms with E-state index in [-0.39, 0.29) is 36.8 Å². The Hall–Kier alpha value is -4.13. The number of para-hydroxylation sites is 1. The molecule has 0 aliphatic carbocycles. The van der Waals surface area contributed by atoms with Crippen molar-refractivity contribution in [1.29, 1.82) is 5.41 Å². The highest BCUT2D eigenvalue weighted by molar-refractivity contribution is 5.99. The van der Waals surface area contributed by atoms with Gasteiger partial charge in [0.15, 0.2) is 5.96 Å². The summed E-state index contributed by atoms with van der Waals surface area (Å²) >= 11 is 0. The third-order valence-corrected chi connectivity index (χ3v) is 7.11. The summed E-state index contributed by atoms with van der Waals surface area (Å²) in [6.07, 6.45) is 1.65. The molecule has 0 aromatic heterocycles. The predicted molar refractivity (Wildman–Crippen MR) is 138 cm³/mol. The van der Waals surface area contributed by atoms with Gasteiger partial charge in [0.05, 0.1) is 31.2 Å². The number of carbonyl (C=O) groups is 2. The van der Waals surface area contributed by atoms with Gasteiger partial charge in [-0.1, -0.05) is 67.6 Å². The second-order valence-electron chi connectivity index (χ2n) is 9.33. The number of rotatable bonds is 6. The summed E-state index contributed by atoms with van der Waals surface area (Å²) < 4.78 is 5.70. The smallest absolute Gasteiger partial charge is 0.251 e. The normalized spacial score (nSPS) is 21.2. The van der Waals surface area contributed by atoms with E-state index < -0.39 is 5.54 Å². The van der Waals surface area contributed by atoms with E-state index in [4.69, 9.17) is 10.1 Å². The molecule has 0 radical (unpaired) electrons. The third-order valence-electron chi connectivity index (χ3n) is 7.11. The lowest BCUT2D eigenvalue weighted by Crippen LogP contribution is -2.60. The van der Waals surface area contributed by atoms with Crippen molar-refractivity contribution >= 4 is 17.8 Å². The number of ether oxygens (including phenoxy) is 1. The number of fused-ring (bicyclic) bond motifs is 1. The van der Waals surface area contributed by atoms with E-state index in [1.54, 1.807) is 12.1 Å². The molecule has 0 unspecified atom stereocenters. The lowest BCUT2D eigenvalue weighted by molar-refractivity contribution is -0.131. The molecule has 3 N–H and O–H groups in total. The maximum atomic E-state index is 13.2. The zero-order chi connectivity index (χ0) is 25.1. The zero-order valence-corrected chi connectivity index (χ0v) is 20.3. The van der Waals surface area contributed by atoms with Gasteiger partial charge in [0, 0.05) is 17.5 Å². The first-order valence-electron chi connectivity index (χ1n) is 12.3. The Kier molecular flexibility index (Phi) is 6.46. The Morgan fingerprint density at radius 3 is 2.67 bits per heavy atom. The molecule has 7 nitrogen and oxygen atoms in total. The van der Waals surface area contributed by atoms with Crippen molar-refractivity contribution in [2.75, 3.05) is 6.61 Å². The van der Waals surface area contributed by atoms with Crippen LogP contribution in [0.1, 0.15) is 59.3 Å². The highest BCUT2D eigenvalue weighted by Crippen LogP contribution is 2.34. The summed E-state index contributed by atoms with van der Waals surface area (Å²) in [5.41, 5.74) is 2.70. The molecule has 36 heavy (non-hydrogen) atoms. The highest BCUT2D eigenvalue weighted by Gasteiger charge is 2.41. The summed E-state index contributed by atoms with van der Waals surface area (Å²) in [5, 5.41) is 15.0. The largest absolute Gasteiger partial charge is 0.493 e. The summed E-state index contributed by atoms with van der Waals surface area (Å²) in [6, 6.07) is 24.7. The molecule has 2 atom stereocenters. The first-order valence-corrected chi connectivity index (χ1v) is 12.3. The van der Waals surface area contributed by atoms with Crippen LogP contribution in [0.3, 0.4) is 0 Å². The van der Waals surface area contributed by atoms with E-state index in [0.29, 0.717) is 25.0 Å². The topological polar surface area (TPSA) is 94.5 Å². The molecule has 2 aliphatic rings. The Bertz CT molecular complexity index is 1270. The van der Waals surface area contributed by atoms with Gasteiger partial charge >= 0.3 is 0 Å². The van der Waals surface area contributed by atoms with Crippen molar-refractivity contribution in [3.05, 3.63) is 101 Å². The minimum atomic E-state index is -0.590. The number of amides is 2. The number of carbonyl (C=O) groups excluding carboxylic acids is 2. The fourth-order valence-corrected chi connectivity index (χ4v) is 5.06. The number of hydrogen-bond donors (Lipinski definition) is 3. The summed E-state index contributed by atoms with van der Waals surface area (Å²) in [6.45, 7) is 2.80. The average Bonchev–Trinajstić information content (AvgIpc) is 2.91. The van der Waals surface area contributed by atoms with Gasteiger partial charge in [-0.25, -0.2) is 0 Å². The van der Waals surface area contributed by atoms with Crippen LogP contribution < -0.4 is 15.4 Å². The van der Waals surface area contributed by atoms with Crippen LogP contribution in [0.4, 0.5) is 0 Å². The molecule has 2 amide bonds. The molecular weight excluding hydrogens is 452 g/mol. The fourth-order valence-electron chi connectivity index (χ4n) is 5.06. The molecule has 1 fully saturated rings. The molecule has 7 heteroatoms. The molecule has 0 bridgehead atoms. The van der Waals surface area contributed by atoms with Crippen molar-refractivity contribution in [2.45, 2.75) is 44.3 Å². The van der Waals surface area contributed by atoms with Crippen LogP contribution >= 0.6 is 0 Å². The molecule has 5 rings (SSSR count). The molecule has 0 spiro atoms. The van der Waals surface area contributed by atoms with E-state index in [9.17, 15) is 9.59 Å². The quantitative estimate of drug-likeness (QED) is 0.482. The Balaban J connectivity index is 1.29. The van der Waals surface area contributed by atoms with Gasteiger partial charge in [-0.3, -0.25) is 19.9 Å². The molecule has 0 saturated carbocycles. The van der Waals surface area contributed by atoms with Crippen LogP contribution in [-0.4, -0.2) is 29.3 Å². The molecule has 2 aliphatic heterocycles. The van der Waals surface area contributed by atoms with Crippen molar-refractivity contribution in [3.8, 4) is 5.75 Å². The molecule has 2 heterocycles. The fraction of sp³-hybridized carbons (Fsp3) is 0.276. The number of hydrogen-bond acceptors (Lipinski definition) is 4. The van der Waals surface area contributed by atoms with E-state index in [1.165, 1.54) is 4.90 Å². The number of nitrogens with one attached hydrogen (secondary N) is 3. The van der Waals surface area contributed by atoms with Crippen molar-refractivity contribution in [1.82, 2.24) is 15.5 Å². The van der Waals surface area contributed by atoms with Gasteiger partial charge in [-0.15, -0.1) is 0 Å². The second-order valence-corrected chi connectivity index (χ2v) is 9.33. The minimum Gasteiger partial charge on any atom is -0.493 e. The molecule has 184 valence electrons. The van der Waals surface area contributed by atoms with E-state index >= 15 is 0 Å². The first kappa shape index (κ1) is 23.6. The van der Waals surface area contributed by atoms with Gasteiger partial charge in [0.25, 0.3) is 5.91 Å². The molecule has 1 saturated heterocycles. The van der Waals surface area contributed by atoms with Gasteiger partial charge in [-0.05, 0) is 35.7 Å². The second kappa shape index (κ2) is 9.85. The van der Waals surface area contributed by atoms with Crippen LogP contribution in [0.5, 0.6) is 5.75 Å². The minimum absolute atomic E-state index is 0.0746. The zero-order valence-electron chi connectivity index (χ0n) is 20.3. The van der Waals surface area contributed by atoms with Gasteiger partial charge in [0.2, 0.25) is 5.91 Å². The van der Waals surface area contributed by atoms with Gasteiger partial charge in [-0.2, -0.15) is 0 Å². The Labute approximate surface area is 211 Å². The third kappa shape index (κ3) is 4.56. The highest BCUT2D eigenvalue weighted by atomic mass is 16.5. The van der Waals surface area contributed by atoms with Crippen LogP contribution in [0, 0.1) is 5.41 Å². The maximum Gasteiger partial charge on any atom is 0.251 e. The standard InChI is InChI=1S/C29H30N4O3/c1-2-29(22-11-4-3-5-12-22)18-26(34)33(28(30)32-29)19-20-9-8-10-21(17-20)27(35)31-24-15-16-36-25-14-7-6-13-23(24)25/h3-14,17,24H,2,15-16,18-19H2,1H3,(H2,30,32)(H,31,35)/t24-,29-/m0/s1. The summed E-state index contributed by atoms with van der Waals surface area (Å²) in [4.78, 5) is 27.7. The van der Waals surface area contributed by atoms with Crippen molar-refractivity contribution in [3.63, 3.8) is 0 Å². The van der Waals surface area contributed by atoms with E-state index in [1.807, 2.05) is 73.7 Å². The van der Waals surface area contributed by atoms with E-state index in [2.05, 4.69) is 10.6 Å². The lowest BCUT2D eigenvalue weighted by atomic mass is 9.82. The van der Waals surface area contributed by atoms with Gasteiger partial charge < -0.3 is 15.4 Å². The first-order chi connectivity index (χ1) is 17.5. The number of benzene rings is 3. The van der Waals surface area contributed by atoms with Crippen LogP contribution in [-0.2, 0) is 16.9 Å². The van der Waals surface area contributed by atoms with E-state index in [0.717, 1.165) is 22.4 Å². The lowest BCUT2D eigenvalue weighted by Gasteiger charge is -2.43. The van der Waals surface area contributed by atoms with Crippen LogP contribution in [0.2, 0.25) is 0 Å². The van der Waals surface area contributed by atoms with Gasteiger partial charge in [0.1, 0.15) is 5.75 Å². The molecular formula is C29H30N4O3.